The van der Waals surface area contributed by atoms with E-state index in [0.717, 1.165) is 9.37 Å². The fraction of sp³-hybridized carbons (Fsp3) is 0.308. The van der Waals surface area contributed by atoms with Crippen molar-refractivity contribution in [2.75, 3.05) is 6.54 Å². The lowest BCUT2D eigenvalue weighted by Gasteiger charge is -2.14. The van der Waals surface area contributed by atoms with Gasteiger partial charge in [-0.15, -0.1) is 0 Å². The quantitative estimate of drug-likeness (QED) is 0.858. The number of halogens is 1. The Morgan fingerprint density at radius 3 is 2.53 bits per heavy atom. The summed E-state index contributed by atoms with van der Waals surface area (Å²) in [4.78, 5) is 36.8. The van der Waals surface area contributed by atoms with Crippen molar-refractivity contribution in [3.8, 4) is 0 Å². The molecule has 0 saturated heterocycles. The Kier molecular flexibility index (Phi) is 3.71. The van der Waals surface area contributed by atoms with Gasteiger partial charge in [-0.1, -0.05) is 15.9 Å². The van der Waals surface area contributed by atoms with Crippen LogP contribution in [0.3, 0.4) is 0 Å². The van der Waals surface area contributed by atoms with E-state index < -0.39 is 11.8 Å². The molecule has 5 nitrogen and oxygen atoms in total. The van der Waals surface area contributed by atoms with Gasteiger partial charge >= 0.3 is 0 Å². The largest absolute Gasteiger partial charge is 0.352 e. The fourth-order valence-corrected chi connectivity index (χ4v) is 2.28. The Balaban J connectivity index is 2.21. The summed E-state index contributed by atoms with van der Waals surface area (Å²) in [5.41, 5.74) is 0.669. The third-order valence-electron chi connectivity index (χ3n) is 2.68. The van der Waals surface area contributed by atoms with Crippen molar-refractivity contribution in [3.05, 3.63) is 33.8 Å². The highest BCUT2D eigenvalue weighted by atomic mass is 79.9. The molecule has 2 rings (SSSR count). The summed E-state index contributed by atoms with van der Waals surface area (Å²) in [6.45, 7) is 3.39. The summed E-state index contributed by atoms with van der Waals surface area (Å²) in [6, 6.07) is 4.84. The highest BCUT2D eigenvalue weighted by Crippen LogP contribution is 2.25. The van der Waals surface area contributed by atoms with Gasteiger partial charge in [-0.2, -0.15) is 0 Å². The van der Waals surface area contributed by atoms with Gasteiger partial charge in [0.15, 0.2) is 0 Å². The maximum absolute atomic E-state index is 12.1. The molecule has 0 radical (unpaired) electrons. The molecule has 3 amide bonds. The molecule has 1 aromatic carbocycles. The number of carbonyl (C=O) groups is 3. The monoisotopic (exact) mass is 324 g/mol. The molecule has 0 atom stereocenters. The van der Waals surface area contributed by atoms with E-state index in [4.69, 9.17) is 0 Å². The van der Waals surface area contributed by atoms with Crippen LogP contribution in [0.2, 0.25) is 0 Å². The second kappa shape index (κ2) is 5.13. The molecule has 1 N–H and O–H groups in total. The van der Waals surface area contributed by atoms with Gasteiger partial charge in [-0.05, 0) is 32.0 Å². The summed E-state index contributed by atoms with van der Waals surface area (Å²) in [6.07, 6.45) is 0. The van der Waals surface area contributed by atoms with Gasteiger partial charge in [0.05, 0.1) is 11.1 Å². The molecule has 0 aliphatic carbocycles. The lowest BCUT2D eigenvalue weighted by atomic mass is 10.1. The molecular weight excluding hydrogens is 312 g/mol. The van der Waals surface area contributed by atoms with Gasteiger partial charge in [-0.25, -0.2) is 0 Å². The third kappa shape index (κ3) is 2.68. The zero-order chi connectivity index (χ0) is 14.2. The van der Waals surface area contributed by atoms with E-state index >= 15 is 0 Å². The number of rotatable bonds is 3. The first-order valence-corrected chi connectivity index (χ1v) is 6.64. The van der Waals surface area contributed by atoms with Gasteiger partial charge in [-0.3, -0.25) is 19.3 Å². The molecule has 100 valence electrons. The maximum atomic E-state index is 12.1. The Hall–Kier alpha value is -1.69. The smallest absolute Gasteiger partial charge is 0.262 e. The molecule has 0 aromatic heterocycles. The van der Waals surface area contributed by atoms with Crippen LogP contribution in [0.15, 0.2) is 22.7 Å². The van der Waals surface area contributed by atoms with Crippen LogP contribution in [-0.2, 0) is 4.79 Å². The van der Waals surface area contributed by atoms with Crippen LogP contribution in [-0.4, -0.2) is 35.2 Å². The van der Waals surface area contributed by atoms with Gasteiger partial charge in [0.1, 0.15) is 6.54 Å². The van der Waals surface area contributed by atoms with Crippen molar-refractivity contribution < 1.29 is 14.4 Å². The van der Waals surface area contributed by atoms with Crippen LogP contribution in [0.25, 0.3) is 0 Å². The molecule has 0 spiro atoms. The summed E-state index contributed by atoms with van der Waals surface area (Å²) in [5.74, 6) is -1.20. The van der Waals surface area contributed by atoms with Crippen molar-refractivity contribution in [1.82, 2.24) is 10.2 Å². The zero-order valence-electron chi connectivity index (χ0n) is 10.6. The normalized spacial score (nSPS) is 14.0. The van der Waals surface area contributed by atoms with Crippen LogP contribution in [0.1, 0.15) is 34.6 Å². The van der Waals surface area contributed by atoms with Crippen molar-refractivity contribution in [2.24, 2.45) is 0 Å². The standard InChI is InChI=1S/C13H13BrN2O3/c1-7(2)15-11(17)6-16-12(18)9-4-3-8(14)5-10(9)13(16)19/h3-5,7H,6H2,1-2H3,(H,15,17). The second-order valence-corrected chi connectivity index (χ2v) is 5.52. The van der Waals surface area contributed by atoms with Gasteiger partial charge < -0.3 is 5.32 Å². The fourth-order valence-electron chi connectivity index (χ4n) is 1.92. The summed E-state index contributed by atoms with van der Waals surface area (Å²) in [5, 5.41) is 2.65. The van der Waals surface area contributed by atoms with E-state index in [1.54, 1.807) is 18.2 Å². The SMILES string of the molecule is CC(C)NC(=O)CN1C(=O)c2ccc(Br)cc2C1=O. The topological polar surface area (TPSA) is 66.5 Å². The van der Waals surface area contributed by atoms with Crippen molar-refractivity contribution in [3.63, 3.8) is 0 Å². The number of nitrogens with one attached hydrogen (secondary N) is 1. The average Bonchev–Trinajstić information content (AvgIpc) is 2.53. The van der Waals surface area contributed by atoms with E-state index in [2.05, 4.69) is 21.2 Å². The molecule has 1 aromatic rings. The molecule has 1 aliphatic heterocycles. The van der Waals surface area contributed by atoms with Crippen molar-refractivity contribution >= 4 is 33.7 Å². The minimum atomic E-state index is -0.430. The Morgan fingerprint density at radius 1 is 1.26 bits per heavy atom. The maximum Gasteiger partial charge on any atom is 0.262 e. The lowest BCUT2D eigenvalue weighted by Crippen LogP contribution is -2.42. The molecule has 0 saturated carbocycles. The van der Waals surface area contributed by atoms with E-state index in [1.807, 2.05) is 13.8 Å². The van der Waals surface area contributed by atoms with Crippen molar-refractivity contribution in [2.45, 2.75) is 19.9 Å². The number of hydrogen-bond donors (Lipinski definition) is 1. The minimum absolute atomic E-state index is 0.0307. The van der Waals surface area contributed by atoms with Crippen LogP contribution < -0.4 is 5.32 Å². The molecule has 0 unspecified atom stereocenters. The Labute approximate surface area is 119 Å². The number of hydrogen-bond acceptors (Lipinski definition) is 3. The predicted molar refractivity (Wildman–Crippen MR) is 72.8 cm³/mol. The van der Waals surface area contributed by atoms with E-state index in [1.165, 1.54) is 0 Å². The van der Waals surface area contributed by atoms with Crippen LogP contribution in [0, 0.1) is 0 Å². The molecule has 1 aliphatic rings. The van der Waals surface area contributed by atoms with Gasteiger partial charge in [0.25, 0.3) is 11.8 Å². The highest BCUT2D eigenvalue weighted by molar-refractivity contribution is 9.10. The third-order valence-corrected chi connectivity index (χ3v) is 3.18. The highest BCUT2D eigenvalue weighted by Gasteiger charge is 2.36. The second-order valence-electron chi connectivity index (χ2n) is 4.61. The minimum Gasteiger partial charge on any atom is -0.352 e. The van der Waals surface area contributed by atoms with E-state index in [-0.39, 0.29) is 18.5 Å². The molecule has 19 heavy (non-hydrogen) atoms. The number of carbonyl (C=O) groups excluding carboxylic acids is 3. The van der Waals surface area contributed by atoms with Crippen LogP contribution in [0.4, 0.5) is 0 Å². The Morgan fingerprint density at radius 2 is 1.89 bits per heavy atom. The number of fused-ring (bicyclic) bond motifs is 1. The van der Waals surface area contributed by atoms with Gasteiger partial charge in [0, 0.05) is 10.5 Å². The average molecular weight is 325 g/mol. The first-order chi connectivity index (χ1) is 8.90. The van der Waals surface area contributed by atoms with Gasteiger partial charge in [0.2, 0.25) is 5.91 Å². The summed E-state index contributed by atoms with van der Waals surface area (Å²) < 4.78 is 0.723. The van der Waals surface area contributed by atoms with Crippen LogP contribution in [0.5, 0.6) is 0 Å². The molecule has 0 bridgehead atoms. The molecule has 1 heterocycles. The summed E-state index contributed by atoms with van der Waals surface area (Å²) >= 11 is 3.25. The number of imide groups is 1. The number of amides is 3. The first-order valence-electron chi connectivity index (χ1n) is 5.85. The van der Waals surface area contributed by atoms with Crippen LogP contribution >= 0.6 is 15.9 Å². The van der Waals surface area contributed by atoms with E-state index in [9.17, 15) is 14.4 Å². The van der Waals surface area contributed by atoms with E-state index in [0.29, 0.717) is 11.1 Å². The molecular formula is C13H13BrN2O3. The summed E-state index contributed by atoms with van der Waals surface area (Å²) in [7, 11) is 0. The molecule has 0 fully saturated rings. The molecule has 6 heteroatoms. The number of benzene rings is 1. The zero-order valence-corrected chi connectivity index (χ0v) is 12.2. The predicted octanol–water partition coefficient (Wildman–Crippen LogP) is 1.57. The first kappa shape index (κ1) is 13.7. The van der Waals surface area contributed by atoms with Crippen molar-refractivity contribution in [1.29, 1.82) is 0 Å². The Bertz CT molecular complexity index is 569. The lowest BCUT2D eigenvalue weighted by molar-refractivity contribution is -0.121. The number of nitrogens with zero attached hydrogens (tertiary/aromatic N) is 1.